The summed E-state index contributed by atoms with van der Waals surface area (Å²) < 4.78 is 1.16. The lowest BCUT2D eigenvalue weighted by molar-refractivity contribution is 0.786. The summed E-state index contributed by atoms with van der Waals surface area (Å²) in [6.45, 7) is 0. The van der Waals surface area contributed by atoms with Crippen molar-refractivity contribution < 1.29 is 0 Å². The van der Waals surface area contributed by atoms with E-state index in [0.29, 0.717) is 6.04 Å². The molecule has 0 spiro atoms. The molecule has 1 aromatic carbocycles. The summed E-state index contributed by atoms with van der Waals surface area (Å²) in [5.41, 5.74) is 7.13. The highest BCUT2D eigenvalue weighted by atomic mass is 79.9. The average Bonchev–Trinajstić information content (AvgIpc) is 2.66. The molecule has 2 rings (SSSR count). The minimum Gasteiger partial charge on any atom is -0.327 e. The van der Waals surface area contributed by atoms with Crippen LogP contribution in [0.4, 0.5) is 0 Å². The molecule has 1 aliphatic rings. The molecule has 1 fully saturated rings. The Morgan fingerprint density at radius 1 is 1.50 bits per heavy atom. The van der Waals surface area contributed by atoms with Gasteiger partial charge in [0, 0.05) is 10.5 Å². The van der Waals surface area contributed by atoms with Crippen LogP contribution in [0.25, 0.3) is 0 Å². The Morgan fingerprint density at radius 3 is 2.83 bits per heavy atom. The van der Waals surface area contributed by atoms with Crippen molar-refractivity contribution in [3.05, 3.63) is 34.3 Å². The molecule has 12 heavy (non-hydrogen) atoms. The largest absolute Gasteiger partial charge is 0.327 e. The predicted molar refractivity (Wildman–Crippen MR) is 53.9 cm³/mol. The maximum atomic E-state index is 5.74. The lowest BCUT2D eigenvalue weighted by Crippen LogP contribution is -2.03. The quantitative estimate of drug-likeness (QED) is 0.822. The van der Waals surface area contributed by atoms with Gasteiger partial charge in [-0.2, -0.15) is 0 Å². The number of rotatable bonds is 2. The minimum atomic E-state index is 0.462. The van der Waals surface area contributed by atoms with E-state index in [1.165, 1.54) is 12.0 Å². The zero-order chi connectivity index (χ0) is 8.55. The molecule has 0 amide bonds. The molecule has 2 heteroatoms. The van der Waals surface area contributed by atoms with Crippen LogP contribution in [0, 0.1) is 5.92 Å². The van der Waals surface area contributed by atoms with E-state index in [9.17, 15) is 0 Å². The summed E-state index contributed by atoms with van der Waals surface area (Å²) in [7, 11) is 0. The van der Waals surface area contributed by atoms with Gasteiger partial charge in [-0.15, -0.1) is 0 Å². The highest BCUT2D eigenvalue weighted by Crippen LogP contribution is 2.31. The van der Waals surface area contributed by atoms with Crippen molar-refractivity contribution in [2.24, 2.45) is 11.7 Å². The van der Waals surface area contributed by atoms with Crippen LogP contribution >= 0.6 is 15.9 Å². The van der Waals surface area contributed by atoms with E-state index in [2.05, 4.69) is 40.2 Å². The van der Waals surface area contributed by atoms with Gasteiger partial charge >= 0.3 is 0 Å². The fourth-order valence-corrected chi connectivity index (χ4v) is 1.92. The molecule has 2 atom stereocenters. The second kappa shape index (κ2) is 3.19. The maximum Gasteiger partial charge on any atom is 0.0177 e. The van der Waals surface area contributed by atoms with Crippen LogP contribution in [-0.4, -0.2) is 6.04 Å². The number of nitrogens with two attached hydrogens (primary N) is 1. The van der Waals surface area contributed by atoms with Crippen molar-refractivity contribution in [1.29, 1.82) is 0 Å². The number of hydrogen-bond acceptors (Lipinski definition) is 1. The van der Waals surface area contributed by atoms with Gasteiger partial charge in [-0.25, -0.2) is 0 Å². The van der Waals surface area contributed by atoms with Gasteiger partial charge in [0.2, 0.25) is 0 Å². The van der Waals surface area contributed by atoms with Crippen molar-refractivity contribution in [1.82, 2.24) is 0 Å². The summed E-state index contributed by atoms with van der Waals surface area (Å²) >= 11 is 3.46. The van der Waals surface area contributed by atoms with Gasteiger partial charge in [-0.3, -0.25) is 0 Å². The zero-order valence-corrected chi connectivity index (χ0v) is 8.42. The van der Waals surface area contributed by atoms with E-state index in [4.69, 9.17) is 5.73 Å². The molecule has 0 saturated heterocycles. The first-order chi connectivity index (χ1) is 5.75. The molecule has 2 unspecified atom stereocenters. The van der Waals surface area contributed by atoms with E-state index in [-0.39, 0.29) is 0 Å². The number of benzene rings is 1. The Morgan fingerprint density at radius 2 is 2.25 bits per heavy atom. The lowest BCUT2D eigenvalue weighted by atomic mass is 10.1. The van der Waals surface area contributed by atoms with E-state index < -0.39 is 0 Å². The summed E-state index contributed by atoms with van der Waals surface area (Å²) in [6, 6.07) is 8.92. The molecule has 1 aliphatic carbocycles. The number of halogens is 1. The van der Waals surface area contributed by atoms with Gasteiger partial charge < -0.3 is 5.73 Å². The molecular formula is C10H12BrN. The van der Waals surface area contributed by atoms with Gasteiger partial charge in [0.25, 0.3) is 0 Å². The third-order valence-corrected chi connectivity index (χ3v) is 2.86. The Hall–Kier alpha value is -0.340. The third kappa shape index (κ3) is 1.87. The normalized spacial score (nSPS) is 27.2. The fourth-order valence-electron chi connectivity index (χ4n) is 1.47. The first kappa shape index (κ1) is 8.27. The standard InChI is InChI=1S/C10H12BrN/c11-9-3-1-2-7(5-9)4-8-6-10(8)12/h1-3,5,8,10H,4,6,12H2. The topological polar surface area (TPSA) is 26.0 Å². The van der Waals surface area contributed by atoms with E-state index in [1.54, 1.807) is 0 Å². The van der Waals surface area contributed by atoms with Crippen molar-refractivity contribution in [2.45, 2.75) is 18.9 Å². The Labute approximate surface area is 81.1 Å². The molecule has 0 radical (unpaired) electrons. The van der Waals surface area contributed by atoms with Gasteiger partial charge in [0.15, 0.2) is 0 Å². The van der Waals surface area contributed by atoms with Gasteiger partial charge in [-0.05, 0) is 36.5 Å². The maximum absolute atomic E-state index is 5.74. The summed E-state index contributed by atoms with van der Waals surface area (Å²) in [5, 5.41) is 0. The van der Waals surface area contributed by atoms with E-state index in [0.717, 1.165) is 16.8 Å². The monoisotopic (exact) mass is 225 g/mol. The molecule has 1 aromatic rings. The Balaban J connectivity index is 2.03. The highest BCUT2D eigenvalue weighted by molar-refractivity contribution is 9.10. The van der Waals surface area contributed by atoms with Crippen molar-refractivity contribution in [2.75, 3.05) is 0 Å². The molecular weight excluding hydrogens is 214 g/mol. The molecule has 0 bridgehead atoms. The van der Waals surface area contributed by atoms with Crippen LogP contribution in [0.3, 0.4) is 0 Å². The van der Waals surface area contributed by atoms with Gasteiger partial charge in [0.05, 0.1) is 0 Å². The first-order valence-corrected chi connectivity index (χ1v) is 5.05. The molecule has 64 valence electrons. The van der Waals surface area contributed by atoms with Crippen molar-refractivity contribution in [3.63, 3.8) is 0 Å². The zero-order valence-electron chi connectivity index (χ0n) is 6.83. The van der Waals surface area contributed by atoms with E-state index in [1.807, 2.05) is 0 Å². The first-order valence-electron chi connectivity index (χ1n) is 4.26. The van der Waals surface area contributed by atoms with Crippen LogP contribution < -0.4 is 5.73 Å². The molecule has 2 N–H and O–H groups in total. The summed E-state index contributed by atoms with van der Waals surface area (Å²) in [6.07, 6.45) is 2.34. The second-order valence-corrected chi connectivity index (χ2v) is 4.41. The molecule has 0 heterocycles. The number of hydrogen-bond donors (Lipinski definition) is 1. The van der Waals surface area contributed by atoms with Crippen LogP contribution in [0.2, 0.25) is 0 Å². The molecule has 0 aromatic heterocycles. The van der Waals surface area contributed by atoms with Crippen molar-refractivity contribution in [3.8, 4) is 0 Å². The Bertz CT molecular complexity index is 285. The Kier molecular flexibility index (Phi) is 2.20. The summed E-state index contributed by atoms with van der Waals surface area (Å²) in [4.78, 5) is 0. The third-order valence-electron chi connectivity index (χ3n) is 2.36. The average molecular weight is 226 g/mol. The smallest absolute Gasteiger partial charge is 0.0177 e. The van der Waals surface area contributed by atoms with Crippen molar-refractivity contribution >= 4 is 15.9 Å². The highest BCUT2D eigenvalue weighted by Gasteiger charge is 2.32. The van der Waals surface area contributed by atoms with Gasteiger partial charge in [0.1, 0.15) is 0 Å². The van der Waals surface area contributed by atoms with Crippen LogP contribution in [0.5, 0.6) is 0 Å². The predicted octanol–water partition coefficient (Wildman–Crippen LogP) is 2.34. The van der Waals surface area contributed by atoms with Crippen LogP contribution in [0.15, 0.2) is 28.7 Å². The molecule has 1 saturated carbocycles. The van der Waals surface area contributed by atoms with Crippen LogP contribution in [-0.2, 0) is 6.42 Å². The molecule has 1 nitrogen and oxygen atoms in total. The lowest BCUT2D eigenvalue weighted by Gasteiger charge is -1.99. The second-order valence-electron chi connectivity index (χ2n) is 3.49. The summed E-state index contributed by atoms with van der Waals surface area (Å²) in [5.74, 6) is 0.735. The van der Waals surface area contributed by atoms with E-state index >= 15 is 0 Å². The van der Waals surface area contributed by atoms with Gasteiger partial charge in [-0.1, -0.05) is 28.1 Å². The minimum absolute atomic E-state index is 0.462. The SMILES string of the molecule is NC1CC1Cc1cccc(Br)c1. The fraction of sp³-hybridized carbons (Fsp3) is 0.400. The molecule has 0 aliphatic heterocycles. The van der Waals surface area contributed by atoms with Crippen LogP contribution in [0.1, 0.15) is 12.0 Å².